The maximum absolute atomic E-state index is 12.1. The lowest BCUT2D eigenvalue weighted by Crippen LogP contribution is -2.22. The predicted octanol–water partition coefficient (Wildman–Crippen LogP) is 2.61. The highest BCUT2D eigenvalue weighted by Gasteiger charge is 2.18. The Morgan fingerprint density at radius 1 is 1.17 bits per heavy atom. The van der Waals surface area contributed by atoms with Crippen molar-refractivity contribution in [1.29, 1.82) is 0 Å². The van der Waals surface area contributed by atoms with Crippen LogP contribution in [0, 0.1) is 13.8 Å². The minimum atomic E-state index is -0.703. The lowest BCUT2D eigenvalue weighted by molar-refractivity contribution is -0.119. The van der Waals surface area contributed by atoms with Gasteiger partial charge in [0.15, 0.2) is 6.61 Å². The second-order valence-electron chi connectivity index (χ2n) is 5.35. The number of ether oxygens (including phenoxy) is 1. The van der Waals surface area contributed by atoms with Crippen LogP contribution in [0.5, 0.6) is 0 Å². The number of anilines is 1. The van der Waals surface area contributed by atoms with Gasteiger partial charge in [-0.3, -0.25) is 4.79 Å². The SMILES string of the molecule is CCc1ccc(NC(=O)COC(=O)c2c(C)cc(=O)oc2C)cc1. The molecule has 2 aromatic rings. The summed E-state index contributed by atoms with van der Waals surface area (Å²) >= 11 is 0. The third-order valence-corrected chi connectivity index (χ3v) is 3.52. The van der Waals surface area contributed by atoms with E-state index < -0.39 is 24.1 Å². The van der Waals surface area contributed by atoms with E-state index in [-0.39, 0.29) is 11.3 Å². The fraction of sp³-hybridized carbons (Fsp3) is 0.278. The smallest absolute Gasteiger partial charge is 0.342 e. The Morgan fingerprint density at radius 3 is 2.42 bits per heavy atom. The molecule has 0 atom stereocenters. The summed E-state index contributed by atoms with van der Waals surface area (Å²) < 4.78 is 9.87. The summed E-state index contributed by atoms with van der Waals surface area (Å²) in [7, 11) is 0. The second-order valence-corrected chi connectivity index (χ2v) is 5.35. The van der Waals surface area contributed by atoms with E-state index in [2.05, 4.69) is 5.32 Å². The summed E-state index contributed by atoms with van der Waals surface area (Å²) in [4.78, 5) is 35.2. The van der Waals surface area contributed by atoms with Crippen molar-refractivity contribution in [3.63, 3.8) is 0 Å². The Balaban J connectivity index is 1.96. The van der Waals surface area contributed by atoms with Gasteiger partial charge in [0.2, 0.25) is 0 Å². The zero-order valence-corrected chi connectivity index (χ0v) is 13.8. The molecule has 0 saturated heterocycles. The molecule has 24 heavy (non-hydrogen) atoms. The Bertz CT molecular complexity index is 779. The van der Waals surface area contributed by atoms with E-state index in [1.54, 1.807) is 19.1 Å². The van der Waals surface area contributed by atoms with E-state index in [0.29, 0.717) is 11.3 Å². The predicted molar refractivity (Wildman–Crippen MR) is 89.2 cm³/mol. The Labute approximate surface area is 139 Å². The summed E-state index contributed by atoms with van der Waals surface area (Å²) in [6, 6.07) is 8.62. The fourth-order valence-electron chi connectivity index (χ4n) is 2.29. The lowest BCUT2D eigenvalue weighted by Gasteiger charge is -2.09. The van der Waals surface area contributed by atoms with Crippen molar-refractivity contribution >= 4 is 17.6 Å². The molecule has 0 radical (unpaired) electrons. The van der Waals surface area contributed by atoms with Crippen LogP contribution in [0.4, 0.5) is 5.69 Å². The molecule has 0 bridgehead atoms. The third-order valence-electron chi connectivity index (χ3n) is 3.52. The molecule has 0 aliphatic rings. The number of amides is 1. The second kappa shape index (κ2) is 7.59. The van der Waals surface area contributed by atoms with E-state index in [0.717, 1.165) is 12.0 Å². The molecule has 2 rings (SSSR count). The summed E-state index contributed by atoms with van der Waals surface area (Å²) in [6.45, 7) is 4.73. The number of esters is 1. The van der Waals surface area contributed by atoms with Gasteiger partial charge in [-0.05, 0) is 43.5 Å². The minimum Gasteiger partial charge on any atom is -0.452 e. The Morgan fingerprint density at radius 2 is 1.83 bits per heavy atom. The zero-order chi connectivity index (χ0) is 17.7. The average Bonchev–Trinajstić information content (AvgIpc) is 2.52. The van der Waals surface area contributed by atoms with Crippen LogP contribution in [0.25, 0.3) is 0 Å². The van der Waals surface area contributed by atoms with E-state index in [1.807, 2.05) is 19.1 Å². The standard InChI is InChI=1S/C18H19NO5/c1-4-13-5-7-14(8-6-13)19-15(20)10-23-18(22)17-11(2)9-16(21)24-12(17)3/h5-9H,4,10H2,1-3H3,(H,19,20). The van der Waals surface area contributed by atoms with Gasteiger partial charge in [-0.1, -0.05) is 19.1 Å². The van der Waals surface area contributed by atoms with Crippen molar-refractivity contribution in [3.8, 4) is 0 Å². The van der Waals surface area contributed by atoms with Crippen LogP contribution in [-0.2, 0) is 16.0 Å². The third kappa shape index (κ3) is 4.32. The van der Waals surface area contributed by atoms with Crippen molar-refractivity contribution in [1.82, 2.24) is 0 Å². The van der Waals surface area contributed by atoms with Crippen molar-refractivity contribution in [3.05, 3.63) is 63.2 Å². The van der Waals surface area contributed by atoms with Crippen molar-refractivity contribution in [2.24, 2.45) is 0 Å². The summed E-state index contributed by atoms with van der Waals surface area (Å²) in [5, 5.41) is 2.65. The molecule has 1 heterocycles. The van der Waals surface area contributed by atoms with Gasteiger partial charge in [-0.15, -0.1) is 0 Å². The van der Waals surface area contributed by atoms with Crippen LogP contribution >= 0.6 is 0 Å². The monoisotopic (exact) mass is 329 g/mol. The number of benzene rings is 1. The van der Waals surface area contributed by atoms with Crippen molar-refractivity contribution < 1.29 is 18.7 Å². The number of nitrogens with one attached hydrogen (secondary N) is 1. The van der Waals surface area contributed by atoms with Gasteiger partial charge in [0, 0.05) is 11.8 Å². The van der Waals surface area contributed by atoms with Crippen LogP contribution in [0.3, 0.4) is 0 Å². The van der Waals surface area contributed by atoms with Gasteiger partial charge in [0.25, 0.3) is 5.91 Å². The highest BCUT2D eigenvalue weighted by atomic mass is 16.5. The molecule has 1 N–H and O–H groups in total. The minimum absolute atomic E-state index is 0.162. The lowest BCUT2D eigenvalue weighted by atomic mass is 10.1. The van der Waals surface area contributed by atoms with Gasteiger partial charge in [0.05, 0.1) is 0 Å². The Kier molecular flexibility index (Phi) is 5.52. The number of rotatable bonds is 5. The molecule has 0 aliphatic heterocycles. The molecule has 0 spiro atoms. The number of carbonyl (C=O) groups excluding carboxylic acids is 2. The van der Waals surface area contributed by atoms with Crippen molar-refractivity contribution in [2.75, 3.05) is 11.9 Å². The molecule has 0 aliphatic carbocycles. The molecule has 0 saturated carbocycles. The number of aryl methyl sites for hydroxylation is 3. The number of hydrogen-bond donors (Lipinski definition) is 1. The number of hydrogen-bond acceptors (Lipinski definition) is 5. The van der Waals surface area contributed by atoms with E-state index in [4.69, 9.17) is 9.15 Å². The van der Waals surface area contributed by atoms with Crippen LogP contribution in [0.1, 0.15) is 34.2 Å². The van der Waals surface area contributed by atoms with Gasteiger partial charge in [-0.25, -0.2) is 9.59 Å². The van der Waals surface area contributed by atoms with E-state index in [9.17, 15) is 14.4 Å². The first-order valence-corrected chi connectivity index (χ1v) is 7.58. The quantitative estimate of drug-likeness (QED) is 0.852. The van der Waals surface area contributed by atoms with Crippen LogP contribution < -0.4 is 10.9 Å². The van der Waals surface area contributed by atoms with Gasteiger partial charge < -0.3 is 14.5 Å². The maximum Gasteiger partial charge on any atom is 0.342 e. The Hall–Kier alpha value is -2.89. The average molecular weight is 329 g/mol. The molecular formula is C18H19NO5. The molecule has 1 amide bonds. The first-order chi connectivity index (χ1) is 11.4. The molecular weight excluding hydrogens is 310 g/mol. The molecule has 126 valence electrons. The number of carbonyl (C=O) groups is 2. The molecule has 0 fully saturated rings. The molecule has 1 aromatic heterocycles. The van der Waals surface area contributed by atoms with E-state index >= 15 is 0 Å². The normalized spacial score (nSPS) is 10.3. The van der Waals surface area contributed by atoms with Crippen LogP contribution in [0.15, 0.2) is 39.5 Å². The van der Waals surface area contributed by atoms with Gasteiger partial charge in [-0.2, -0.15) is 0 Å². The topological polar surface area (TPSA) is 85.6 Å². The summed E-state index contributed by atoms with van der Waals surface area (Å²) in [5.41, 5.74) is 1.87. The summed E-state index contributed by atoms with van der Waals surface area (Å²) in [6.07, 6.45) is 0.914. The van der Waals surface area contributed by atoms with Crippen LogP contribution in [0.2, 0.25) is 0 Å². The van der Waals surface area contributed by atoms with Gasteiger partial charge in [0.1, 0.15) is 11.3 Å². The highest BCUT2D eigenvalue weighted by molar-refractivity contribution is 5.96. The van der Waals surface area contributed by atoms with E-state index in [1.165, 1.54) is 13.0 Å². The summed E-state index contributed by atoms with van der Waals surface area (Å²) in [5.74, 6) is -0.980. The molecule has 0 unspecified atom stereocenters. The largest absolute Gasteiger partial charge is 0.452 e. The van der Waals surface area contributed by atoms with Gasteiger partial charge >= 0.3 is 11.6 Å². The first kappa shape index (κ1) is 17.5. The molecule has 1 aromatic carbocycles. The first-order valence-electron chi connectivity index (χ1n) is 7.58. The fourth-order valence-corrected chi connectivity index (χ4v) is 2.29. The van der Waals surface area contributed by atoms with Crippen molar-refractivity contribution in [2.45, 2.75) is 27.2 Å². The molecule has 6 nitrogen and oxygen atoms in total. The highest BCUT2D eigenvalue weighted by Crippen LogP contribution is 2.13. The molecule has 6 heteroatoms. The van der Waals surface area contributed by atoms with Crippen LogP contribution in [-0.4, -0.2) is 18.5 Å². The maximum atomic E-state index is 12.1. The zero-order valence-electron chi connectivity index (χ0n) is 13.8.